The third-order valence-corrected chi connectivity index (χ3v) is 3.21. The van der Waals surface area contributed by atoms with Crippen LogP contribution in [0.15, 0.2) is 18.2 Å². The van der Waals surface area contributed by atoms with Crippen LogP contribution < -0.4 is 11.1 Å². The molecule has 0 radical (unpaired) electrons. The van der Waals surface area contributed by atoms with E-state index in [1.807, 2.05) is 13.8 Å². The van der Waals surface area contributed by atoms with Crippen LogP contribution in [0.2, 0.25) is 10.0 Å². The second-order valence-corrected chi connectivity index (χ2v) is 4.76. The number of halogens is 2. The molecule has 2 aromatic rings. The molecular weight excluding hydrogens is 271 g/mol. The highest BCUT2D eigenvalue weighted by Gasteiger charge is 2.05. The summed E-state index contributed by atoms with van der Waals surface area (Å²) in [6.07, 6.45) is 0. The van der Waals surface area contributed by atoms with Gasteiger partial charge in [-0.3, -0.25) is 0 Å². The summed E-state index contributed by atoms with van der Waals surface area (Å²) >= 11 is 12.1. The van der Waals surface area contributed by atoms with Gasteiger partial charge in [0.1, 0.15) is 5.82 Å². The molecular formula is C12H12Cl2N4. The highest BCUT2D eigenvalue weighted by molar-refractivity contribution is 6.36. The first-order valence-corrected chi connectivity index (χ1v) is 6.05. The largest absolute Gasteiger partial charge is 0.368 e. The first-order valence-electron chi connectivity index (χ1n) is 5.29. The van der Waals surface area contributed by atoms with Crippen LogP contribution in [0.5, 0.6) is 0 Å². The average molecular weight is 283 g/mol. The number of nitrogen functional groups attached to an aromatic ring is 1. The smallest absolute Gasteiger partial charge is 0.222 e. The van der Waals surface area contributed by atoms with Gasteiger partial charge in [0, 0.05) is 27.5 Å². The van der Waals surface area contributed by atoms with E-state index in [4.69, 9.17) is 28.9 Å². The highest BCUT2D eigenvalue weighted by Crippen LogP contribution is 2.29. The molecule has 0 bridgehead atoms. The molecule has 18 heavy (non-hydrogen) atoms. The fourth-order valence-corrected chi connectivity index (χ4v) is 2.01. The molecule has 3 N–H and O–H groups in total. The first kappa shape index (κ1) is 12.9. The maximum Gasteiger partial charge on any atom is 0.222 e. The Kier molecular flexibility index (Phi) is 3.59. The van der Waals surface area contributed by atoms with Gasteiger partial charge in [0.25, 0.3) is 0 Å². The first-order chi connectivity index (χ1) is 8.45. The quantitative estimate of drug-likeness (QED) is 0.881. The minimum atomic E-state index is 0.224. The second kappa shape index (κ2) is 5.00. The summed E-state index contributed by atoms with van der Waals surface area (Å²) in [5, 5.41) is 4.30. The summed E-state index contributed by atoms with van der Waals surface area (Å²) in [7, 11) is 0. The molecule has 1 aromatic carbocycles. The van der Waals surface area contributed by atoms with Crippen LogP contribution in [0.3, 0.4) is 0 Å². The van der Waals surface area contributed by atoms with Gasteiger partial charge in [-0.05, 0) is 31.5 Å². The Hall–Kier alpha value is -1.52. The lowest BCUT2D eigenvalue weighted by Crippen LogP contribution is -2.01. The van der Waals surface area contributed by atoms with Crippen LogP contribution in [-0.4, -0.2) is 9.97 Å². The molecule has 0 fully saturated rings. The Morgan fingerprint density at radius 2 is 1.67 bits per heavy atom. The number of nitrogens with two attached hydrogens (primary N) is 1. The number of aryl methyl sites for hydroxylation is 1. The van der Waals surface area contributed by atoms with Crippen molar-refractivity contribution in [2.45, 2.75) is 13.8 Å². The molecule has 0 amide bonds. The normalized spacial score (nSPS) is 10.4. The molecule has 1 aromatic heterocycles. The van der Waals surface area contributed by atoms with Gasteiger partial charge in [-0.2, -0.15) is 4.98 Å². The number of hydrogen-bond donors (Lipinski definition) is 2. The van der Waals surface area contributed by atoms with Crippen molar-refractivity contribution in [3.05, 3.63) is 39.5 Å². The Morgan fingerprint density at radius 1 is 1.06 bits per heavy atom. The average Bonchev–Trinajstić information content (AvgIpc) is 2.24. The monoisotopic (exact) mass is 282 g/mol. The zero-order valence-electron chi connectivity index (χ0n) is 9.96. The SMILES string of the molecule is Cc1cc(Nc2cc(Cl)c(C)c(Cl)c2)nc(N)n1. The summed E-state index contributed by atoms with van der Waals surface area (Å²) in [5.41, 5.74) is 7.98. The summed E-state index contributed by atoms with van der Waals surface area (Å²) in [6, 6.07) is 5.37. The predicted molar refractivity (Wildman–Crippen MR) is 75.7 cm³/mol. The Morgan fingerprint density at radius 3 is 2.22 bits per heavy atom. The van der Waals surface area contributed by atoms with Crippen LogP contribution in [0.4, 0.5) is 17.5 Å². The Balaban J connectivity index is 2.34. The van der Waals surface area contributed by atoms with Gasteiger partial charge in [0.05, 0.1) is 0 Å². The molecule has 4 nitrogen and oxygen atoms in total. The molecule has 0 aliphatic rings. The number of benzene rings is 1. The minimum Gasteiger partial charge on any atom is -0.368 e. The lowest BCUT2D eigenvalue weighted by Gasteiger charge is -2.09. The minimum absolute atomic E-state index is 0.224. The zero-order valence-corrected chi connectivity index (χ0v) is 11.5. The van der Waals surface area contributed by atoms with Gasteiger partial charge in [-0.25, -0.2) is 4.98 Å². The van der Waals surface area contributed by atoms with Crippen molar-refractivity contribution < 1.29 is 0 Å². The van der Waals surface area contributed by atoms with E-state index in [0.29, 0.717) is 15.9 Å². The van der Waals surface area contributed by atoms with Gasteiger partial charge >= 0.3 is 0 Å². The number of nitrogens with zero attached hydrogens (tertiary/aromatic N) is 2. The summed E-state index contributed by atoms with van der Waals surface area (Å²) < 4.78 is 0. The van der Waals surface area contributed by atoms with Gasteiger partial charge in [-0.1, -0.05) is 23.2 Å². The molecule has 0 aliphatic carbocycles. The zero-order chi connectivity index (χ0) is 13.3. The van der Waals surface area contributed by atoms with E-state index in [9.17, 15) is 0 Å². The molecule has 1 heterocycles. The molecule has 0 saturated heterocycles. The van der Waals surface area contributed by atoms with Crippen LogP contribution in [0.1, 0.15) is 11.3 Å². The number of nitrogens with one attached hydrogen (secondary N) is 1. The second-order valence-electron chi connectivity index (χ2n) is 3.94. The topological polar surface area (TPSA) is 63.8 Å². The molecule has 94 valence electrons. The van der Waals surface area contributed by atoms with Crippen molar-refractivity contribution in [3.8, 4) is 0 Å². The Bertz CT molecular complexity index is 555. The number of hydrogen-bond acceptors (Lipinski definition) is 4. The summed E-state index contributed by atoms with van der Waals surface area (Å²) in [5.74, 6) is 0.831. The van der Waals surface area contributed by atoms with E-state index in [1.54, 1.807) is 18.2 Å². The third-order valence-electron chi connectivity index (χ3n) is 2.42. The maximum absolute atomic E-state index is 6.07. The lowest BCUT2D eigenvalue weighted by molar-refractivity contribution is 1.12. The van der Waals surface area contributed by atoms with Gasteiger partial charge in [0.2, 0.25) is 5.95 Å². The van der Waals surface area contributed by atoms with Crippen molar-refractivity contribution in [3.63, 3.8) is 0 Å². The molecule has 0 unspecified atom stereocenters. The van der Waals surface area contributed by atoms with Gasteiger partial charge < -0.3 is 11.1 Å². The Labute approximate surface area is 115 Å². The summed E-state index contributed by atoms with van der Waals surface area (Å²) in [6.45, 7) is 3.71. The van der Waals surface area contributed by atoms with Crippen molar-refractivity contribution in [2.24, 2.45) is 0 Å². The van der Waals surface area contributed by atoms with E-state index < -0.39 is 0 Å². The van der Waals surface area contributed by atoms with E-state index in [1.165, 1.54) is 0 Å². The van der Waals surface area contributed by atoms with E-state index in [-0.39, 0.29) is 5.95 Å². The molecule has 2 rings (SSSR count). The number of anilines is 3. The fraction of sp³-hybridized carbons (Fsp3) is 0.167. The lowest BCUT2D eigenvalue weighted by atomic mass is 10.2. The van der Waals surface area contributed by atoms with Crippen LogP contribution in [0.25, 0.3) is 0 Å². The maximum atomic E-state index is 6.07. The fourth-order valence-electron chi connectivity index (χ4n) is 1.52. The summed E-state index contributed by atoms with van der Waals surface area (Å²) in [4.78, 5) is 8.08. The number of aromatic nitrogens is 2. The highest BCUT2D eigenvalue weighted by atomic mass is 35.5. The standard InChI is InChI=1S/C12H12Cl2N4/c1-6-3-11(18-12(15)16-6)17-8-4-9(13)7(2)10(14)5-8/h3-5H,1-2H3,(H3,15,16,17,18). The van der Waals surface area contributed by atoms with Gasteiger partial charge in [-0.15, -0.1) is 0 Å². The third kappa shape index (κ3) is 2.83. The van der Waals surface area contributed by atoms with Crippen LogP contribution in [0, 0.1) is 13.8 Å². The van der Waals surface area contributed by atoms with Crippen LogP contribution >= 0.6 is 23.2 Å². The molecule has 0 aliphatic heterocycles. The van der Waals surface area contributed by atoms with Crippen molar-refractivity contribution in [1.29, 1.82) is 0 Å². The number of rotatable bonds is 2. The van der Waals surface area contributed by atoms with E-state index in [2.05, 4.69) is 15.3 Å². The van der Waals surface area contributed by atoms with Gasteiger partial charge in [0.15, 0.2) is 0 Å². The predicted octanol–water partition coefficient (Wildman–Crippen LogP) is 3.73. The van der Waals surface area contributed by atoms with Crippen molar-refractivity contribution in [2.75, 3.05) is 11.1 Å². The molecule has 0 atom stereocenters. The van der Waals surface area contributed by atoms with Crippen molar-refractivity contribution >= 4 is 40.7 Å². The molecule has 6 heteroatoms. The molecule has 0 spiro atoms. The molecule has 0 saturated carbocycles. The van der Waals surface area contributed by atoms with E-state index >= 15 is 0 Å². The van der Waals surface area contributed by atoms with Crippen LogP contribution in [-0.2, 0) is 0 Å². The van der Waals surface area contributed by atoms with E-state index in [0.717, 1.165) is 16.9 Å². The van der Waals surface area contributed by atoms with Crippen molar-refractivity contribution in [1.82, 2.24) is 9.97 Å².